The molecule has 0 spiro atoms. The van der Waals surface area contributed by atoms with E-state index in [-0.39, 0.29) is 30.5 Å². The molecule has 1 aromatic carbocycles. The molecule has 2 unspecified atom stereocenters. The van der Waals surface area contributed by atoms with E-state index in [0.717, 1.165) is 17.3 Å². The van der Waals surface area contributed by atoms with E-state index in [4.69, 9.17) is 15.2 Å². The van der Waals surface area contributed by atoms with Crippen molar-refractivity contribution < 1.29 is 14.3 Å². The zero-order chi connectivity index (χ0) is 15.4. The third kappa shape index (κ3) is 4.13. The summed E-state index contributed by atoms with van der Waals surface area (Å²) in [6.07, 6.45) is 1.82. The lowest BCUT2D eigenvalue weighted by atomic mass is 9.98. The first-order valence-corrected chi connectivity index (χ1v) is 7.77. The van der Waals surface area contributed by atoms with Crippen LogP contribution in [0, 0.1) is 0 Å². The number of benzene rings is 1. The average molecular weight is 394 g/mol. The molecule has 1 saturated heterocycles. The predicted octanol–water partition coefficient (Wildman–Crippen LogP) is 2.46. The second-order valence-electron chi connectivity index (χ2n) is 5.12. The summed E-state index contributed by atoms with van der Waals surface area (Å²) in [6.45, 7) is 1.12. The lowest BCUT2D eigenvalue weighted by Crippen LogP contribution is -2.51. The van der Waals surface area contributed by atoms with E-state index >= 15 is 0 Å². The monoisotopic (exact) mass is 392 g/mol. The van der Waals surface area contributed by atoms with Crippen molar-refractivity contribution in [2.45, 2.75) is 25.0 Å². The number of hydrogen-bond acceptors (Lipinski definition) is 4. The standard InChI is InChI=1S/C15H21BrN2O3.ClH/c1-20-12-5-6-18(11(8-12)9-17)15(19)10-3-4-14(21-2)13(16)7-10;/h3-4,7,11-12H,5-6,8-9,17H2,1-2H3;1H. The van der Waals surface area contributed by atoms with Gasteiger partial charge in [0.15, 0.2) is 0 Å². The molecule has 5 nitrogen and oxygen atoms in total. The van der Waals surface area contributed by atoms with E-state index < -0.39 is 0 Å². The highest BCUT2D eigenvalue weighted by Crippen LogP contribution is 2.27. The van der Waals surface area contributed by atoms with Crippen LogP contribution >= 0.6 is 28.3 Å². The zero-order valence-corrected chi connectivity index (χ0v) is 15.2. The van der Waals surface area contributed by atoms with Crippen LogP contribution in [0.15, 0.2) is 22.7 Å². The molecule has 1 fully saturated rings. The molecule has 0 saturated carbocycles. The highest BCUT2D eigenvalue weighted by Gasteiger charge is 2.31. The van der Waals surface area contributed by atoms with Crippen LogP contribution in [-0.4, -0.2) is 50.3 Å². The molecule has 124 valence electrons. The third-order valence-electron chi connectivity index (χ3n) is 3.93. The quantitative estimate of drug-likeness (QED) is 0.853. The number of likely N-dealkylation sites (tertiary alicyclic amines) is 1. The van der Waals surface area contributed by atoms with Crippen LogP contribution in [0.3, 0.4) is 0 Å². The van der Waals surface area contributed by atoms with Gasteiger partial charge in [0.2, 0.25) is 0 Å². The fraction of sp³-hybridized carbons (Fsp3) is 0.533. The number of nitrogens with two attached hydrogens (primary N) is 1. The van der Waals surface area contributed by atoms with Gasteiger partial charge < -0.3 is 20.1 Å². The first kappa shape index (κ1) is 19.2. The fourth-order valence-electron chi connectivity index (χ4n) is 2.68. The Bertz CT molecular complexity index is 516. The Labute approximate surface area is 145 Å². The summed E-state index contributed by atoms with van der Waals surface area (Å²) in [5, 5.41) is 0. The Morgan fingerprint density at radius 3 is 2.73 bits per heavy atom. The summed E-state index contributed by atoms with van der Waals surface area (Å²) in [5.41, 5.74) is 6.46. The maximum absolute atomic E-state index is 12.7. The van der Waals surface area contributed by atoms with Crippen molar-refractivity contribution >= 4 is 34.2 Å². The second kappa shape index (κ2) is 8.72. The van der Waals surface area contributed by atoms with Gasteiger partial charge in [0, 0.05) is 31.8 Å². The normalized spacial score (nSPS) is 21.2. The van der Waals surface area contributed by atoms with Crippen LogP contribution in [0.2, 0.25) is 0 Å². The Morgan fingerprint density at radius 2 is 2.18 bits per heavy atom. The van der Waals surface area contributed by atoms with Gasteiger partial charge >= 0.3 is 0 Å². The van der Waals surface area contributed by atoms with Crippen LogP contribution in [0.4, 0.5) is 0 Å². The number of carbonyl (C=O) groups is 1. The third-order valence-corrected chi connectivity index (χ3v) is 4.55. The molecule has 1 heterocycles. The molecular formula is C15H22BrClN2O3. The summed E-state index contributed by atoms with van der Waals surface area (Å²) in [4.78, 5) is 14.5. The molecule has 1 aromatic rings. The van der Waals surface area contributed by atoms with Gasteiger partial charge in [-0.1, -0.05) is 0 Å². The molecule has 7 heteroatoms. The molecule has 0 bridgehead atoms. The zero-order valence-electron chi connectivity index (χ0n) is 12.8. The van der Waals surface area contributed by atoms with Crippen molar-refractivity contribution in [2.75, 3.05) is 27.3 Å². The Morgan fingerprint density at radius 1 is 1.45 bits per heavy atom. The molecular weight excluding hydrogens is 372 g/mol. The van der Waals surface area contributed by atoms with Gasteiger partial charge in [0.25, 0.3) is 5.91 Å². The van der Waals surface area contributed by atoms with Crippen molar-refractivity contribution in [3.05, 3.63) is 28.2 Å². The van der Waals surface area contributed by atoms with Crippen LogP contribution in [-0.2, 0) is 4.74 Å². The molecule has 1 aliphatic rings. The minimum atomic E-state index is 0. The number of methoxy groups -OCH3 is 2. The molecule has 0 aliphatic carbocycles. The van der Waals surface area contributed by atoms with E-state index in [2.05, 4.69) is 15.9 Å². The molecule has 2 atom stereocenters. The summed E-state index contributed by atoms with van der Waals surface area (Å²) < 4.78 is 11.3. The molecule has 2 rings (SSSR count). The summed E-state index contributed by atoms with van der Waals surface area (Å²) in [6, 6.07) is 5.38. The van der Waals surface area contributed by atoms with Gasteiger partial charge in [-0.15, -0.1) is 12.4 Å². The highest BCUT2D eigenvalue weighted by molar-refractivity contribution is 9.10. The van der Waals surface area contributed by atoms with Gasteiger partial charge in [0.1, 0.15) is 5.75 Å². The van der Waals surface area contributed by atoms with E-state index in [9.17, 15) is 4.79 Å². The van der Waals surface area contributed by atoms with E-state index in [1.807, 2.05) is 4.90 Å². The minimum Gasteiger partial charge on any atom is -0.496 e. The van der Waals surface area contributed by atoms with Gasteiger partial charge in [-0.25, -0.2) is 0 Å². The summed E-state index contributed by atoms with van der Waals surface area (Å²) in [5.74, 6) is 0.711. The smallest absolute Gasteiger partial charge is 0.254 e. The fourth-order valence-corrected chi connectivity index (χ4v) is 3.23. The maximum atomic E-state index is 12.7. The molecule has 1 amide bonds. The van der Waals surface area contributed by atoms with Crippen LogP contribution in [0.5, 0.6) is 5.75 Å². The number of halogens is 2. The minimum absolute atomic E-state index is 0. The Balaban J connectivity index is 0.00000242. The van der Waals surface area contributed by atoms with E-state index in [1.54, 1.807) is 32.4 Å². The van der Waals surface area contributed by atoms with Crippen LogP contribution in [0.25, 0.3) is 0 Å². The van der Waals surface area contributed by atoms with E-state index in [0.29, 0.717) is 24.4 Å². The first-order valence-electron chi connectivity index (χ1n) is 6.98. The Hall–Kier alpha value is -0.820. The average Bonchev–Trinajstić information content (AvgIpc) is 2.53. The highest BCUT2D eigenvalue weighted by atomic mass is 79.9. The molecule has 22 heavy (non-hydrogen) atoms. The lowest BCUT2D eigenvalue weighted by molar-refractivity contribution is 0.0139. The SMILES string of the molecule is COc1ccc(C(=O)N2CCC(OC)CC2CN)cc1Br.Cl. The summed E-state index contributed by atoms with van der Waals surface area (Å²) >= 11 is 3.41. The van der Waals surface area contributed by atoms with Crippen molar-refractivity contribution in [3.8, 4) is 5.75 Å². The number of rotatable bonds is 4. The number of carbonyl (C=O) groups excluding carboxylic acids is 1. The lowest BCUT2D eigenvalue weighted by Gasteiger charge is -2.38. The number of piperidine rings is 1. The van der Waals surface area contributed by atoms with Crippen molar-refractivity contribution in [1.82, 2.24) is 4.90 Å². The van der Waals surface area contributed by atoms with Gasteiger partial charge in [-0.2, -0.15) is 0 Å². The van der Waals surface area contributed by atoms with Crippen LogP contribution in [0.1, 0.15) is 23.2 Å². The summed E-state index contributed by atoms with van der Waals surface area (Å²) in [7, 11) is 3.30. The van der Waals surface area contributed by atoms with Gasteiger partial charge in [-0.3, -0.25) is 4.79 Å². The van der Waals surface area contributed by atoms with Crippen molar-refractivity contribution in [3.63, 3.8) is 0 Å². The predicted molar refractivity (Wildman–Crippen MR) is 91.9 cm³/mol. The van der Waals surface area contributed by atoms with E-state index in [1.165, 1.54) is 0 Å². The van der Waals surface area contributed by atoms with Crippen molar-refractivity contribution in [2.24, 2.45) is 5.73 Å². The number of nitrogens with zero attached hydrogens (tertiary/aromatic N) is 1. The number of hydrogen-bond donors (Lipinski definition) is 1. The number of amides is 1. The first-order chi connectivity index (χ1) is 10.1. The van der Waals surface area contributed by atoms with Gasteiger partial charge in [-0.05, 0) is 47.0 Å². The van der Waals surface area contributed by atoms with Gasteiger partial charge in [0.05, 0.1) is 17.7 Å². The molecule has 0 aromatic heterocycles. The Kier molecular flexibility index (Phi) is 7.62. The second-order valence-corrected chi connectivity index (χ2v) is 5.97. The largest absolute Gasteiger partial charge is 0.496 e. The van der Waals surface area contributed by atoms with Crippen LogP contribution < -0.4 is 10.5 Å². The topological polar surface area (TPSA) is 64.8 Å². The maximum Gasteiger partial charge on any atom is 0.254 e. The molecule has 2 N–H and O–H groups in total. The van der Waals surface area contributed by atoms with Crippen molar-refractivity contribution in [1.29, 1.82) is 0 Å². The molecule has 1 aliphatic heterocycles. The number of ether oxygens (including phenoxy) is 2. The molecule has 0 radical (unpaired) electrons.